The molecule has 1 heterocycles. The maximum absolute atomic E-state index is 7.17. The molecule has 1 unspecified atom stereocenters. The van der Waals surface area contributed by atoms with Gasteiger partial charge in [0.2, 0.25) is 0 Å². The quantitative estimate of drug-likeness (QED) is 0.159. The van der Waals surface area contributed by atoms with Crippen LogP contribution in [0.4, 0.5) is 0 Å². The number of benzene rings is 2. The largest absolute Gasteiger partial charge is 0.413 e. The second kappa shape index (κ2) is 15.2. The number of ether oxygens (including phenoxy) is 4. The van der Waals surface area contributed by atoms with Gasteiger partial charge in [0, 0.05) is 7.11 Å². The molecule has 1 aliphatic heterocycles. The molecule has 2 aromatic carbocycles. The SMILES string of the molecule is COCCO[C@@H]1OC(CO[Si](C(C)C)(C(C)C)C(C)C)[C@@H]([Si](C)(C)c2ccccc2)C[C@@H]1OCc1ccccc1. The van der Waals surface area contributed by atoms with Crippen LogP contribution in [0.3, 0.4) is 0 Å². The van der Waals surface area contributed by atoms with Crippen LogP contribution < -0.4 is 5.19 Å². The van der Waals surface area contributed by atoms with E-state index < -0.39 is 22.7 Å². The van der Waals surface area contributed by atoms with E-state index in [1.165, 1.54) is 5.19 Å². The van der Waals surface area contributed by atoms with Gasteiger partial charge in [-0.1, -0.05) is 120 Å². The molecule has 1 fully saturated rings. The summed E-state index contributed by atoms with van der Waals surface area (Å²) in [6, 6.07) is 21.4. The Morgan fingerprint density at radius 2 is 1.38 bits per heavy atom. The molecule has 2 aromatic rings. The fourth-order valence-electron chi connectivity index (χ4n) is 6.91. The minimum atomic E-state index is -2.07. The lowest BCUT2D eigenvalue weighted by atomic mass is 10.0. The van der Waals surface area contributed by atoms with Gasteiger partial charge < -0.3 is 23.4 Å². The minimum absolute atomic E-state index is 0.0610. The summed E-state index contributed by atoms with van der Waals surface area (Å²) in [6.45, 7) is 21.1. The van der Waals surface area contributed by atoms with Crippen LogP contribution in [-0.2, 0) is 30.0 Å². The van der Waals surface area contributed by atoms with Crippen molar-refractivity contribution in [1.29, 1.82) is 0 Å². The van der Waals surface area contributed by atoms with Crippen LogP contribution in [0.5, 0.6) is 0 Å². The van der Waals surface area contributed by atoms with Gasteiger partial charge in [0.1, 0.15) is 6.10 Å². The Labute approximate surface area is 246 Å². The van der Waals surface area contributed by atoms with Gasteiger partial charge in [-0.2, -0.15) is 0 Å². The number of methoxy groups -OCH3 is 1. The van der Waals surface area contributed by atoms with Crippen LogP contribution in [0.1, 0.15) is 53.5 Å². The zero-order chi connectivity index (χ0) is 29.3. The van der Waals surface area contributed by atoms with Crippen molar-refractivity contribution >= 4 is 21.6 Å². The number of rotatable bonds is 15. The van der Waals surface area contributed by atoms with E-state index in [4.69, 9.17) is 23.4 Å². The normalized spacial score (nSPS) is 22.4. The molecule has 0 amide bonds. The highest BCUT2D eigenvalue weighted by Gasteiger charge is 2.50. The van der Waals surface area contributed by atoms with Crippen molar-refractivity contribution in [3.63, 3.8) is 0 Å². The molecule has 40 heavy (non-hydrogen) atoms. The average molecular weight is 587 g/mol. The second-order valence-corrected chi connectivity index (χ2v) is 23.0. The van der Waals surface area contributed by atoms with E-state index in [1.807, 2.05) is 6.07 Å². The van der Waals surface area contributed by atoms with Gasteiger partial charge in [-0.15, -0.1) is 0 Å². The molecule has 0 aliphatic carbocycles. The maximum Gasteiger partial charge on any atom is 0.200 e. The van der Waals surface area contributed by atoms with E-state index in [-0.39, 0.29) is 12.2 Å². The van der Waals surface area contributed by atoms with Crippen molar-refractivity contribution in [2.75, 3.05) is 26.9 Å². The van der Waals surface area contributed by atoms with Crippen LogP contribution in [0.25, 0.3) is 0 Å². The molecule has 0 saturated carbocycles. The smallest absolute Gasteiger partial charge is 0.200 e. The molecule has 1 saturated heterocycles. The van der Waals surface area contributed by atoms with E-state index in [9.17, 15) is 0 Å². The van der Waals surface area contributed by atoms with Crippen LogP contribution in [-0.4, -0.2) is 61.8 Å². The summed E-state index contributed by atoms with van der Waals surface area (Å²) in [7, 11) is -2.36. The lowest BCUT2D eigenvalue weighted by Crippen LogP contribution is -2.59. The zero-order valence-electron chi connectivity index (χ0n) is 26.4. The second-order valence-electron chi connectivity index (χ2n) is 12.8. The minimum Gasteiger partial charge on any atom is -0.413 e. The predicted molar refractivity (Wildman–Crippen MR) is 170 cm³/mol. The molecule has 224 valence electrons. The molecule has 0 aromatic heterocycles. The first-order chi connectivity index (χ1) is 19.0. The molecular weight excluding hydrogens is 533 g/mol. The summed E-state index contributed by atoms with van der Waals surface area (Å²) < 4.78 is 32.3. The highest BCUT2D eigenvalue weighted by atomic mass is 28.4. The zero-order valence-corrected chi connectivity index (χ0v) is 28.4. The lowest BCUT2D eigenvalue weighted by molar-refractivity contribution is -0.259. The molecule has 3 rings (SSSR count). The Hall–Kier alpha value is -1.33. The number of hydrogen-bond acceptors (Lipinski definition) is 5. The fraction of sp³-hybridized carbons (Fsp3) is 0.636. The van der Waals surface area contributed by atoms with Crippen molar-refractivity contribution in [2.24, 2.45) is 0 Å². The Kier molecular flexibility index (Phi) is 12.6. The Morgan fingerprint density at radius 1 is 0.800 bits per heavy atom. The van der Waals surface area contributed by atoms with E-state index in [2.05, 4.69) is 109 Å². The van der Waals surface area contributed by atoms with Crippen LogP contribution in [0, 0.1) is 0 Å². The third-order valence-electron chi connectivity index (χ3n) is 9.07. The van der Waals surface area contributed by atoms with Crippen molar-refractivity contribution < 1.29 is 23.4 Å². The van der Waals surface area contributed by atoms with Gasteiger partial charge in [-0.25, -0.2) is 0 Å². The van der Waals surface area contributed by atoms with Crippen molar-refractivity contribution in [1.82, 2.24) is 0 Å². The van der Waals surface area contributed by atoms with Crippen molar-refractivity contribution in [3.05, 3.63) is 66.2 Å². The highest BCUT2D eigenvalue weighted by molar-refractivity contribution is 6.91. The summed E-state index contributed by atoms with van der Waals surface area (Å²) in [4.78, 5) is 0. The summed E-state index contributed by atoms with van der Waals surface area (Å²) in [5.41, 5.74) is 3.02. The summed E-state index contributed by atoms with van der Waals surface area (Å²) >= 11 is 0. The molecule has 0 bridgehead atoms. The molecule has 0 spiro atoms. The first-order valence-corrected chi connectivity index (χ1v) is 20.4. The number of hydrogen-bond donors (Lipinski definition) is 0. The van der Waals surface area contributed by atoms with Crippen molar-refractivity contribution in [2.45, 2.75) is 108 Å². The monoisotopic (exact) mass is 586 g/mol. The summed E-state index contributed by atoms with van der Waals surface area (Å²) in [5, 5.41) is 1.44. The van der Waals surface area contributed by atoms with Gasteiger partial charge in [-0.3, -0.25) is 0 Å². The average Bonchev–Trinajstić information content (AvgIpc) is 2.93. The van der Waals surface area contributed by atoms with E-state index in [0.29, 0.717) is 48.6 Å². The Morgan fingerprint density at radius 3 is 1.93 bits per heavy atom. The first kappa shape index (κ1) is 33.2. The molecule has 4 atom stereocenters. The van der Waals surface area contributed by atoms with Crippen LogP contribution in [0.2, 0.25) is 35.3 Å². The highest BCUT2D eigenvalue weighted by Crippen LogP contribution is 2.45. The molecule has 1 aliphatic rings. The maximum atomic E-state index is 7.17. The molecule has 0 radical (unpaired) electrons. The summed E-state index contributed by atoms with van der Waals surface area (Å²) in [6.07, 6.45) is 0.189. The third kappa shape index (κ3) is 7.94. The van der Waals surface area contributed by atoms with Gasteiger partial charge in [-0.05, 0) is 34.1 Å². The standard InChI is InChI=1S/C33H54O5Si2/c1-25(2)40(26(3)4,27(5)6)37-24-31-32(39(8,9)29-18-14-11-15-19-29)22-30(33(38-31)35-21-20-34-7)36-23-28-16-12-10-13-17-28/h10-19,25-27,30-33H,20-24H2,1-9H3/t30-,31?,32-,33+/m0/s1. The Bertz CT molecular complexity index is 961. The predicted octanol–water partition coefficient (Wildman–Crippen LogP) is 7.53. The lowest BCUT2D eigenvalue weighted by Gasteiger charge is -2.49. The van der Waals surface area contributed by atoms with Gasteiger partial charge in [0.15, 0.2) is 14.6 Å². The first-order valence-electron chi connectivity index (χ1n) is 15.1. The van der Waals surface area contributed by atoms with Crippen LogP contribution in [0.15, 0.2) is 60.7 Å². The summed E-state index contributed by atoms with van der Waals surface area (Å²) in [5.74, 6) is 0. The Balaban J connectivity index is 1.94. The molecule has 0 N–H and O–H groups in total. The molecular formula is C33H54O5Si2. The fourth-order valence-corrected chi connectivity index (χ4v) is 15.8. The topological polar surface area (TPSA) is 46.2 Å². The van der Waals surface area contributed by atoms with Crippen LogP contribution >= 0.6 is 0 Å². The van der Waals surface area contributed by atoms with Gasteiger partial charge in [0.25, 0.3) is 0 Å². The third-order valence-corrected chi connectivity index (χ3v) is 19.4. The van der Waals surface area contributed by atoms with Gasteiger partial charge >= 0.3 is 0 Å². The van der Waals surface area contributed by atoms with E-state index in [0.717, 1.165) is 12.0 Å². The van der Waals surface area contributed by atoms with Gasteiger partial charge in [0.05, 0.1) is 40.6 Å². The van der Waals surface area contributed by atoms with E-state index in [1.54, 1.807) is 7.11 Å². The van der Waals surface area contributed by atoms with E-state index >= 15 is 0 Å². The molecule has 7 heteroatoms. The van der Waals surface area contributed by atoms with Crippen molar-refractivity contribution in [3.8, 4) is 0 Å². The molecule has 5 nitrogen and oxygen atoms in total.